The molecule has 0 amide bonds. The Morgan fingerprint density at radius 3 is 2.11 bits per heavy atom. The number of nitrogens with one attached hydrogen (secondary N) is 1. The van der Waals surface area contributed by atoms with E-state index in [0.717, 1.165) is 43.6 Å². The highest BCUT2D eigenvalue weighted by Crippen LogP contribution is 2.39. The van der Waals surface area contributed by atoms with E-state index >= 15 is 0 Å². The van der Waals surface area contributed by atoms with Gasteiger partial charge in [-0.2, -0.15) is 0 Å². The number of nitrogens with zero attached hydrogens (tertiary/aromatic N) is 4. The Morgan fingerprint density at radius 1 is 0.947 bits per heavy atom. The van der Waals surface area contributed by atoms with Gasteiger partial charge in [-0.15, -0.1) is 5.10 Å². The summed E-state index contributed by atoms with van der Waals surface area (Å²) in [6, 6.07) is 8.18. The van der Waals surface area contributed by atoms with E-state index < -0.39 is 5.54 Å². The average molecular weight is 528 g/mol. The van der Waals surface area contributed by atoms with Crippen LogP contribution in [-0.4, -0.2) is 45.6 Å². The van der Waals surface area contributed by atoms with Crippen molar-refractivity contribution in [3.63, 3.8) is 0 Å². The molecule has 1 aromatic carbocycles. The van der Waals surface area contributed by atoms with E-state index in [0.29, 0.717) is 6.54 Å². The highest BCUT2D eigenvalue weighted by atomic mass is 16.7. The Kier molecular flexibility index (Phi) is 9.06. The Hall–Kier alpha value is -1.97. The molecule has 212 valence electrons. The minimum absolute atomic E-state index is 0.141. The van der Waals surface area contributed by atoms with Crippen LogP contribution in [0.3, 0.4) is 0 Å². The Labute approximate surface area is 230 Å². The lowest BCUT2D eigenvalue weighted by Gasteiger charge is -2.37. The van der Waals surface area contributed by atoms with Crippen LogP contribution in [0.25, 0.3) is 0 Å². The third-order valence-corrected chi connectivity index (χ3v) is 8.01. The second kappa shape index (κ2) is 11.3. The molecular formula is C29H50BN5O3. The molecule has 1 unspecified atom stereocenters. The summed E-state index contributed by atoms with van der Waals surface area (Å²) in [6.45, 7) is 22.6. The topological polar surface area (TPSA) is 83.3 Å². The molecule has 1 aliphatic rings. The fourth-order valence-corrected chi connectivity index (χ4v) is 5.50. The molecule has 1 atom stereocenters. The smallest absolute Gasteiger partial charge is 0.457 e. The number of hydrogen-bond acceptors (Lipinski definition) is 7. The lowest BCUT2D eigenvalue weighted by atomic mass is 9.80. The number of tetrazole rings is 1. The van der Waals surface area contributed by atoms with Crippen molar-refractivity contribution in [3.05, 3.63) is 35.7 Å². The van der Waals surface area contributed by atoms with E-state index in [1.165, 1.54) is 5.56 Å². The molecule has 8 nitrogen and oxygen atoms in total. The van der Waals surface area contributed by atoms with Crippen molar-refractivity contribution in [2.75, 3.05) is 7.11 Å². The molecule has 3 rings (SSSR count). The molecule has 2 aromatic rings. The van der Waals surface area contributed by atoms with Crippen LogP contribution in [0.5, 0.6) is 5.75 Å². The first-order valence-corrected chi connectivity index (χ1v) is 14.0. The van der Waals surface area contributed by atoms with Crippen molar-refractivity contribution in [1.82, 2.24) is 25.5 Å². The summed E-state index contributed by atoms with van der Waals surface area (Å²) in [7, 11) is 1.52. The van der Waals surface area contributed by atoms with Gasteiger partial charge in [0.05, 0.1) is 29.4 Å². The first-order valence-electron chi connectivity index (χ1n) is 14.0. The van der Waals surface area contributed by atoms with Crippen LogP contribution in [0.15, 0.2) is 24.3 Å². The Bertz CT molecular complexity index is 1030. The minimum Gasteiger partial charge on any atom is -0.497 e. The van der Waals surface area contributed by atoms with Crippen LogP contribution < -0.4 is 10.1 Å². The van der Waals surface area contributed by atoms with Crippen molar-refractivity contribution in [3.8, 4) is 5.75 Å². The maximum Gasteiger partial charge on any atom is 0.457 e. The van der Waals surface area contributed by atoms with Gasteiger partial charge < -0.3 is 19.4 Å². The van der Waals surface area contributed by atoms with Gasteiger partial charge in [-0.05, 0) is 101 Å². The maximum absolute atomic E-state index is 6.22. The summed E-state index contributed by atoms with van der Waals surface area (Å²) in [5.74, 6) is 1.72. The number of aromatic nitrogens is 4. The summed E-state index contributed by atoms with van der Waals surface area (Å²) < 4.78 is 19.8. The van der Waals surface area contributed by atoms with E-state index in [1.807, 2.05) is 16.8 Å². The molecule has 1 N–H and O–H groups in total. The predicted octanol–water partition coefficient (Wildman–Crippen LogP) is 6.12. The van der Waals surface area contributed by atoms with Crippen LogP contribution in [0.2, 0.25) is 6.32 Å². The lowest BCUT2D eigenvalue weighted by molar-refractivity contribution is 0.00578. The summed E-state index contributed by atoms with van der Waals surface area (Å²) in [4.78, 5) is 0. The first-order chi connectivity index (χ1) is 17.5. The van der Waals surface area contributed by atoms with E-state index in [1.54, 1.807) is 7.11 Å². The number of benzene rings is 1. The van der Waals surface area contributed by atoms with Gasteiger partial charge in [-0.3, -0.25) is 0 Å². The van der Waals surface area contributed by atoms with E-state index in [4.69, 9.17) is 14.0 Å². The van der Waals surface area contributed by atoms with Gasteiger partial charge in [-0.1, -0.05) is 45.7 Å². The lowest BCUT2D eigenvalue weighted by Crippen LogP contribution is -2.45. The summed E-state index contributed by atoms with van der Waals surface area (Å²) in [6.07, 6.45) is 4.68. The molecule has 0 radical (unpaired) electrons. The maximum atomic E-state index is 6.22. The van der Waals surface area contributed by atoms with Crippen molar-refractivity contribution < 1.29 is 14.0 Å². The van der Waals surface area contributed by atoms with Gasteiger partial charge in [0, 0.05) is 6.54 Å². The third-order valence-electron chi connectivity index (χ3n) is 8.01. The second-order valence-electron chi connectivity index (χ2n) is 13.9. The summed E-state index contributed by atoms with van der Waals surface area (Å²) in [5.41, 5.74) is 0.0710. The normalized spacial score (nSPS) is 19.0. The standard InChI is InChI=1S/C29H50BN5O3/c1-25(2,3)21-26(4,5)35-24(32-33-34-35)29(10,31-20-22-14-16-23(36-11)17-15-22)18-12-13-19-30-37-27(6,7)28(8,9)38-30/h14-17,31H,12-13,18-21H2,1-11H3. The predicted molar refractivity (Wildman–Crippen MR) is 153 cm³/mol. The molecule has 0 bridgehead atoms. The van der Waals surface area contributed by atoms with Crippen LogP contribution >= 0.6 is 0 Å². The van der Waals surface area contributed by atoms with Crippen molar-refractivity contribution >= 4 is 7.12 Å². The second-order valence-corrected chi connectivity index (χ2v) is 13.9. The Morgan fingerprint density at radius 2 is 1.55 bits per heavy atom. The average Bonchev–Trinajstić information content (AvgIpc) is 3.37. The highest BCUT2D eigenvalue weighted by Gasteiger charge is 2.50. The van der Waals surface area contributed by atoms with Crippen LogP contribution in [0.1, 0.15) is 106 Å². The van der Waals surface area contributed by atoms with E-state index in [2.05, 4.69) is 102 Å². The van der Waals surface area contributed by atoms with Gasteiger partial charge in [0.2, 0.25) is 0 Å². The van der Waals surface area contributed by atoms with Crippen molar-refractivity contribution in [2.24, 2.45) is 5.41 Å². The number of hydrogen-bond donors (Lipinski definition) is 1. The third kappa shape index (κ3) is 7.36. The number of ether oxygens (including phenoxy) is 1. The number of methoxy groups -OCH3 is 1. The SMILES string of the molecule is COc1ccc(CNC(C)(CCCCB2OC(C)(C)C(C)(C)O2)c2nnnn2C(C)(C)CC(C)(C)C)cc1. The highest BCUT2D eigenvalue weighted by molar-refractivity contribution is 6.45. The van der Waals surface area contributed by atoms with Gasteiger partial charge >= 0.3 is 7.12 Å². The molecule has 2 heterocycles. The molecule has 1 aliphatic heterocycles. The molecular weight excluding hydrogens is 477 g/mol. The fraction of sp³-hybridized carbons (Fsp3) is 0.759. The number of rotatable bonds is 12. The van der Waals surface area contributed by atoms with Crippen molar-refractivity contribution in [2.45, 2.75) is 130 Å². The Balaban J connectivity index is 1.77. The van der Waals surface area contributed by atoms with Gasteiger partial charge in [-0.25, -0.2) is 4.68 Å². The molecule has 38 heavy (non-hydrogen) atoms. The fourth-order valence-electron chi connectivity index (χ4n) is 5.50. The van der Waals surface area contributed by atoms with Crippen LogP contribution in [0.4, 0.5) is 0 Å². The molecule has 0 aliphatic carbocycles. The minimum atomic E-state index is -0.422. The summed E-state index contributed by atoms with van der Waals surface area (Å²) >= 11 is 0. The molecule has 9 heteroatoms. The van der Waals surface area contributed by atoms with Crippen molar-refractivity contribution in [1.29, 1.82) is 0 Å². The quantitative estimate of drug-likeness (QED) is 0.263. The van der Waals surface area contributed by atoms with Gasteiger partial charge in [0.15, 0.2) is 5.82 Å². The monoisotopic (exact) mass is 527 g/mol. The van der Waals surface area contributed by atoms with E-state index in [9.17, 15) is 0 Å². The van der Waals surface area contributed by atoms with Gasteiger partial charge in [0.1, 0.15) is 5.75 Å². The van der Waals surface area contributed by atoms with E-state index in [-0.39, 0.29) is 29.3 Å². The molecule has 1 fully saturated rings. The molecule has 1 aromatic heterocycles. The largest absolute Gasteiger partial charge is 0.497 e. The molecule has 0 spiro atoms. The first kappa shape index (κ1) is 30.6. The zero-order valence-electron chi connectivity index (χ0n) is 25.6. The summed E-state index contributed by atoms with van der Waals surface area (Å²) in [5, 5.41) is 17.1. The molecule has 1 saturated heterocycles. The molecule has 0 saturated carbocycles. The van der Waals surface area contributed by atoms with Gasteiger partial charge in [0.25, 0.3) is 0 Å². The van der Waals surface area contributed by atoms with Crippen LogP contribution in [0, 0.1) is 5.41 Å². The number of unbranched alkanes of at least 4 members (excludes halogenated alkanes) is 1. The zero-order chi connectivity index (χ0) is 28.4. The van der Waals surface area contributed by atoms with Crippen LogP contribution in [-0.2, 0) is 26.9 Å². The zero-order valence-corrected chi connectivity index (χ0v) is 25.6.